The van der Waals surface area contributed by atoms with E-state index in [-0.39, 0.29) is 0 Å². The summed E-state index contributed by atoms with van der Waals surface area (Å²) in [6.07, 6.45) is 0. The second-order valence-electron chi connectivity index (χ2n) is 3.19. The molecule has 0 saturated heterocycles. The summed E-state index contributed by atoms with van der Waals surface area (Å²) in [4.78, 5) is 0. The molecule has 0 fully saturated rings. The number of thiophene rings is 1. The van der Waals surface area contributed by atoms with Crippen LogP contribution in [0.1, 0.15) is 32.3 Å². The second-order valence-corrected chi connectivity index (χ2v) is 3.97. The molecule has 0 aromatic carbocycles. The standard InChI is InChI=1S/C10H17NS/c1-4-11-9(3)8(2)10-5-6-12-7-10/h5-9,11H,4H2,1-3H3. The first kappa shape index (κ1) is 9.75. The molecule has 0 aliphatic carbocycles. The molecule has 0 saturated carbocycles. The molecule has 0 aliphatic rings. The van der Waals surface area contributed by atoms with Crippen molar-refractivity contribution in [2.75, 3.05) is 6.54 Å². The van der Waals surface area contributed by atoms with Gasteiger partial charge in [0.1, 0.15) is 0 Å². The molecule has 0 bridgehead atoms. The van der Waals surface area contributed by atoms with Crippen LogP contribution < -0.4 is 5.32 Å². The van der Waals surface area contributed by atoms with Crippen molar-refractivity contribution in [1.82, 2.24) is 5.32 Å². The van der Waals surface area contributed by atoms with Crippen LogP contribution in [0.25, 0.3) is 0 Å². The largest absolute Gasteiger partial charge is 0.314 e. The van der Waals surface area contributed by atoms with Gasteiger partial charge in [-0.1, -0.05) is 13.8 Å². The third kappa shape index (κ3) is 2.32. The Morgan fingerprint density at radius 3 is 2.75 bits per heavy atom. The molecule has 2 atom stereocenters. The average Bonchev–Trinajstić information content (AvgIpc) is 2.55. The van der Waals surface area contributed by atoms with Crippen LogP contribution in [0, 0.1) is 0 Å². The zero-order chi connectivity index (χ0) is 8.97. The number of hydrogen-bond donors (Lipinski definition) is 1. The topological polar surface area (TPSA) is 12.0 Å². The van der Waals surface area contributed by atoms with Gasteiger partial charge in [0.15, 0.2) is 0 Å². The zero-order valence-electron chi connectivity index (χ0n) is 8.00. The molecule has 2 unspecified atom stereocenters. The van der Waals surface area contributed by atoms with Crippen molar-refractivity contribution in [2.24, 2.45) is 0 Å². The van der Waals surface area contributed by atoms with E-state index in [1.165, 1.54) is 5.56 Å². The third-order valence-corrected chi connectivity index (χ3v) is 3.05. The minimum absolute atomic E-state index is 0.574. The monoisotopic (exact) mass is 183 g/mol. The lowest BCUT2D eigenvalue weighted by molar-refractivity contribution is 0.496. The van der Waals surface area contributed by atoms with Gasteiger partial charge in [-0.3, -0.25) is 0 Å². The molecule has 0 spiro atoms. The van der Waals surface area contributed by atoms with Crippen molar-refractivity contribution >= 4 is 11.3 Å². The van der Waals surface area contributed by atoms with Gasteiger partial charge in [-0.05, 0) is 41.8 Å². The summed E-state index contributed by atoms with van der Waals surface area (Å²) in [5, 5.41) is 7.82. The second kappa shape index (κ2) is 4.63. The van der Waals surface area contributed by atoms with Crippen molar-refractivity contribution in [3.8, 4) is 0 Å². The van der Waals surface area contributed by atoms with Gasteiger partial charge in [0.05, 0.1) is 0 Å². The Kier molecular flexibility index (Phi) is 3.76. The van der Waals surface area contributed by atoms with Gasteiger partial charge in [-0.25, -0.2) is 0 Å². The van der Waals surface area contributed by atoms with E-state index in [2.05, 4.69) is 42.9 Å². The molecule has 1 rings (SSSR count). The molecule has 1 heterocycles. The van der Waals surface area contributed by atoms with E-state index in [0.717, 1.165) is 6.54 Å². The summed E-state index contributed by atoms with van der Waals surface area (Å²) < 4.78 is 0. The highest BCUT2D eigenvalue weighted by molar-refractivity contribution is 7.07. The van der Waals surface area contributed by atoms with Gasteiger partial charge in [0.25, 0.3) is 0 Å². The molecule has 68 valence electrons. The van der Waals surface area contributed by atoms with Gasteiger partial charge in [0, 0.05) is 6.04 Å². The lowest BCUT2D eigenvalue weighted by Crippen LogP contribution is -2.30. The van der Waals surface area contributed by atoms with Gasteiger partial charge < -0.3 is 5.32 Å². The van der Waals surface area contributed by atoms with Crippen LogP contribution in [0.2, 0.25) is 0 Å². The van der Waals surface area contributed by atoms with Gasteiger partial charge >= 0.3 is 0 Å². The molecule has 0 aliphatic heterocycles. The fourth-order valence-electron chi connectivity index (χ4n) is 1.32. The summed E-state index contributed by atoms with van der Waals surface area (Å²) >= 11 is 1.78. The number of rotatable bonds is 4. The van der Waals surface area contributed by atoms with Crippen LogP contribution in [-0.2, 0) is 0 Å². The molecule has 0 radical (unpaired) electrons. The Bertz CT molecular complexity index is 206. The van der Waals surface area contributed by atoms with Crippen molar-refractivity contribution in [3.63, 3.8) is 0 Å². The predicted octanol–water partition coefficient (Wildman–Crippen LogP) is 2.85. The highest BCUT2D eigenvalue weighted by Crippen LogP contribution is 2.21. The maximum atomic E-state index is 3.44. The quantitative estimate of drug-likeness (QED) is 0.757. The molecule has 1 aromatic rings. The fraction of sp³-hybridized carbons (Fsp3) is 0.600. The Morgan fingerprint density at radius 2 is 2.25 bits per heavy atom. The van der Waals surface area contributed by atoms with Crippen molar-refractivity contribution in [2.45, 2.75) is 32.7 Å². The summed E-state index contributed by atoms with van der Waals surface area (Å²) in [5.74, 6) is 0.621. The van der Waals surface area contributed by atoms with Crippen molar-refractivity contribution < 1.29 is 0 Å². The normalized spacial score (nSPS) is 15.9. The number of hydrogen-bond acceptors (Lipinski definition) is 2. The molecular formula is C10H17NS. The van der Waals surface area contributed by atoms with E-state index in [0.29, 0.717) is 12.0 Å². The highest BCUT2D eigenvalue weighted by atomic mass is 32.1. The van der Waals surface area contributed by atoms with Crippen LogP contribution in [0.5, 0.6) is 0 Å². The lowest BCUT2D eigenvalue weighted by atomic mass is 9.97. The first-order valence-corrected chi connectivity index (χ1v) is 5.45. The summed E-state index contributed by atoms with van der Waals surface area (Å²) in [6.45, 7) is 7.72. The lowest BCUT2D eigenvalue weighted by Gasteiger charge is -2.19. The SMILES string of the molecule is CCNC(C)C(C)c1ccsc1. The smallest absolute Gasteiger partial charge is 0.0105 e. The first-order chi connectivity index (χ1) is 5.75. The van der Waals surface area contributed by atoms with Crippen LogP contribution in [0.4, 0.5) is 0 Å². The van der Waals surface area contributed by atoms with Crippen LogP contribution in [0.15, 0.2) is 16.8 Å². The summed E-state index contributed by atoms with van der Waals surface area (Å²) in [5.41, 5.74) is 1.45. The van der Waals surface area contributed by atoms with Gasteiger partial charge in [-0.15, -0.1) is 0 Å². The molecule has 1 aromatic heterocycles. The van der Waals surface area contributed by atoms with Crippen LogP contribution in [-0.4, -0.2) is 12.6 Å². The Morgan fingerprint density at radius 1 is 1.50 bits per heavy atom. The average molecular weight is 183 g/mol. The van der Waals surface area contributed by atoms with E-state index >= 15 is 0 Å². The summed E-state index contributed by atoms with van der Waals surface area (Å²) in [6, 6.07) is 2.79. The third-order valence-electron chi connectivity index (χ3n) is 2.35. The molecular weight excluding hydrogens is 166 g/mol. The van der Waals surface area contributed by atoms with E-state index in [9.17, 15) is 0 Å². The maximum absolute atomic E-state index is 3.44. The number of likely N-dealkylation sites (N-methyl/N-ethyl adjacent to an activating group) is 1. The number of nitrogens with one attached hydrogen (secondary N) is 1. The molecule has 1 N–H and O–H groups in total. The van der Waals surface area contributed by atoms with Gasteiger partial charge in [0.2, 0.25) is 0 Å². The molecule has 12 heavy (non-hydrogen) atoms. The molecule has 2 heteroatoms. The fourth-order valence-corrected chi connectivity index (χ4v) is 2.09. The van der Waals surface area contributed by atoms with E-state index in [1.807, 2.05) is 0 Å². The highest BCUT2D eigenvalue weighted by Gasteiger charge is 2.12. The first-order valence-electron chi connectivity index (χ1n) is 4.51. The van der Waals surface area contributed by atoms with Crippen LogP contribution in [0.3, 0.4) is 0 Å². The van der Waals surface area contributed by atoms with Crippen LogP contribution >= 0.6 is 11.3 Å². The maximum Gasteiger partial charge on any atom is 0.0105 e. The molecule has 1 nitrogen and oxygen atoms in total. The Labute approximate surface area is 78.8 Å². The van der Waals surface area contributed by atoms with E-state index < -0.39 is 0 Å². The zero-order valence-corrected chi connectivity index (χ0v) is 8.82. The predicted molar refractivity (Wildman–Crippen MR) is 55.9 cm³/mol. The summed E-state index contributed by atoms with van der Waals surface area (Å²) in [7, 11) is 0. The molecule has 0 amide bonds. The minimum Gasteiger partial charge on any atom is -0.314 e. The Hall–Kier alpha value is -0.340. The van der Waals surface area contributed by atoms with E-state index in [1.54, 1.807) is 11.3 Å². The van der Waals surface area contributed by atoms with E-state index in [4.69, 9.17) is 0 Å². The van der Waals surface area contributed by atoms with Gasteiger partial charge in [-0.2, -0.15) is 11.3 Å². The van der Waals surface area contributed by atoms with Crippen molar-refractivity contribution in [1.29, 1.82) is 0 Å². The minimum atomic E-state index is 0.574. The Balaban J connectivity index is 2.53. The van der Waals surface area contributed by atoms with Crippen molar-refractivity contribution in [3.05, 3.63) is 22.4 Å².